The summed E-state index contributed by atoms with van der Waals surface area (Å²) in [4.78, 5) is 12.7. The van der Waals surface area contributed by atoms with Gasteiger partial charge in [0, 0.05) is 16.4 Å². The monoisotopic (exact) mass is 384 g/mol. The van der Waals surface area contributed by atoms with E-state index >= 15 is 0 Å². The number of nitrogen functional groups attached to an aromatic ring is 1. The van der Waals surface area contributed by atoms with Crippen molar-refractivity contribution in [1.82, 2.24) is 15.0 Å². The predicted molar refractivity (Wildman–Crippen MR) is 101 cm³/mol. The molecule has 0 saturated heterocycles. The van der Waals surface area contributed by atoms with Gasteiger partial charge in [0.1, 0.15) is 17.8 Å². The molecule has 3 aromatic rings. The molecule has 0 fully saturated rings. The number of hydrogen-bond acceptors (Lipinski definition) is 6. The maximum Gasteiger partial charge on any atom is 0.160 e. The van der Waals surface area contributed by atoms with E-state index < -0.39 is 0 Å². The highest BCUT2D eigenvalue weighted by Gasteiger charge is 2.10. The standard InChI is InChI=1S/C17H17BrN6/c1-10-3-5-13(11(2)7-10)23-16-15(19)17(22-9-21-16)24-14-6-4-12(18)8-20-14/h3-9H,19H2,1-2H3,(H2,20,21,22,23,24). The molecule has 0 saturated carbocycles. The smallest absolute Gasteiger partial charge is 0.160 e. The number of aryl methyl sites for hydroxylation is 2. The van der Waals surface area contributed by atoms with Crippen LogP contribution in [-0.2, 0) is 0 Å². The van der Waals surface area contributed by atoms with Gasteiger partial charge < -0.3 is 16.4 Å². The topological polar surface area (TPSA) is 88.8 Å². The van der Waals surface area contributed by atoms with Crippen molar-refractivity contribution in [2.24, 2.45) is 0 Å². The zero-order chi connectivity index (χ0) is 17.1. The second-order valence-electron chi connectivity index (χ2n) is 5.41. The average molecular weight is 385 g/mol. The Morgan fingerprint density at radius 1 is 0.958 bits per heavy atom. The van der Waals surface area contributed by atoms with Crippen LogP contribution in [0.4, 0.5) is 28.8 Å². The van der Waals surface area contributed by atoms with Crippen LogP contribution >= 0.6 is 15.9 Å². The van der Waals surface area contributed by atoms with Gasteiger partial charge >= 0.3 is 0 Å². The maximum absolute atomic E-state index is 6.20. The predicted octanol–water partition coefficient (Wildman–Crippen LogP) is 4.32. The molecule has 3 rings (SSSR count). The molecule has 122 valence electrons. The van der Waals surface area contributed by atoms with Gasteiger partial charge in [-0.3, -0.25) is 0 Å². The van der Waals surface area contributed by atoms with E-state index in [1.54, 1.807) is 6.20 Å². The Labute approximate surface area is 148 Å². The van der Waals surface area contributed by atoms with Gasteiger partial charge in [0.05, 0.1) is 0 Å². The van der Waals surface area contributed by atoms with Gasteiger partial charge in [-0.1, -0.05) is 17.7 Å². The number of nitrogens with one attached hydrogen (secondary N) is 2. The van der Waals surface area contributed by atoms with Crippen LogP contribution in [-0.4, -0.2) is 15.0 Å². The van der Waals surface area contributed by atoms with Crippen LogP contribution in [0.25, 0.3) is 0 Å². The molecule has 2 heterocycles. The van der Waals surface area contributed by atoms with Gasteiger partial charge in [-0.15, -0.1) is 0 Å². The SMILES string of the molecule is Cc1ccc(Nc2ncnc(Nc3ccc(Br)cn3)c2N)c(C)c1. The van der Waals surface area contributed by atoms with E-state index in [4.69, 9.17) is 5.73 Å². The highest BCUT2D eigenvalue weighted by atomic mass is 79.9. The number of nitrogens with two attached hydrogens (primary N) is 1. The number of nitrogens with zero attached hydrogens (tertiary/aromatic N) is 3. The molecular weight excluding hydrogens is 368 g/mol. The summed E-state index contributed by atoms with van der Waals surface area (Å²) in [5, 5.41) is 6.36. The van der Waals surface area contributed by atoms with E-state index in [9.17, 15) is 0 Å². The molecule has 24 heavy (non-hydrogen) atoms. The molecule has 4 N–H and O–H groups in total. The highest BCUT2D eigenvalue weighted by Crippen LogP contribution is 2.29. The van der Waals surface area contributed by atoms with Crippen molar-refractivity contribution in [1.29, 1.82) is 0 Å². The van der Waals surface area contributed by atoms with Crippen molar-refractivity contribution >= 4 is 44.8 Å². The summed E-state index contributed by atoms with van der Waals surface area (Å²) in [5.41, 5.74) is 9.92. The van der Waals surface area contributed by atoms with Crippen LogP contribution in [0.2, 0.25) is 0 Å². The summed E-state index contributed by atoms with van der Waals surface area (Å²) in [7, 11) is 0. The van der Waals surface area contributed by atoms with E-state index in [1.807, 2.05) is 31.2 Å². The molecule has 0 radical (unpaired) electrons. The van der Waals surface area contributed by atoms with E-state index in [-0.39, 0.29) is 0 Å². The van der Waals surface area contributed by atoms with Crippen molar-refractivity contribution in [3.05, 3.63) is 58.5 Å². The van der Waals surface area contributed by atoms with Gasteiger partial charge in [-0.25, -0.2) is 15.0 Å². The van der Waals surface area contributed by atoms with Crippen molar-refractivity contribution in [3.63, 3.8) is 0 Å². The second-order valence-corrected chi connectivity index (χ2v) is 6.33. The Hall–Kier alpha value is -2.67. The largest absolute Gasteiger partial charge is 0.393 e. The zero-order valence-corrected chi connectivity index (χ0v) is 14.9. The third kappa shape index (κ3) is 3.62. The van der Waals surface area contributed by atoms with Crippen LogP contribution in [0, 0.1) is 13.8 Å². The summed E-state index contributed by atoms with van der Waals surface area (Å²) >= 11 is 3.36. The van der Waals surface area contributed by atoms with Crippen LogP contribution in [0.3, 0.4) is 0 Å². The lowest BCUT2D eigenvalue weighted by Gasteiger charge is -2.14. The number of aromatic nitrogens is 3. The Bertz CT molecular complexity index is 863. The van der Waals surface area contributed by atoms with Crippen LogP contribution in [0.1, 0.15) is 11.1 Å². The number of anilines is 5. The molecule has 0 aliphatic carbocycles. The third-order valence-corrected chi connectivity index (χ3v) is 3.96. The van der Waals surface area contributed by atoms with E-state index in [1.165, 1.54) is 11.9 Å². The first-order valence-electron chi connectivity index (χ1n) is 7.36. The second kappa shape index (κ2) is 6.84. The molecule has 7 heteroatoms. The van der Waals surface area contributed by atoms with E-state index in [0.717, 1.165) is 15.7 Å². The number of hydrogen-bond donors (Lipinski definition) is 3. The molecule has 6 nitrogen and oxygen atoms in total. The molecule has 0 spiro atoms. The summed E-state index contributed by atoms with van der Waals surface area (Å²) in [6, 6.07) is 9.88. The minimum atomic E-state index is 0.433. The lowest BCUT2D eigenvalue weighted by molar-refractivity contribution is 1.16. The molecule has 1 aromatic carbocycles. The lowest BCUT2D eigenvalue weighted by atomic mass is 10.1. The normalized spacial score (nSPS) is 10.5. The third-order valence-electron chi connectivity index (χ3n) is 3.49. The van der Waals surface area contributed by atoms with E-state index in [0.29, 0.717) is 23.1 Å². The van der Waals surface area contributed by atoms with Crippen molar-refractivity contribution in [2.45, 2.75) is 13.8 Å². The number of pyridine rings is 1. The fourth-order valence-electron chi connectivity index (χ4n) is 2.25. The fourth-order valence-corrected chi connectivity index (χ4v) is 2.48. The van der Waals surface area contributed by atoms with E-state index in [2.05, 4.69) is 54.5 Å². The summed E-state index contributed by atoms with van der Waals surface area (Å²) in [6.45, 7) is 4.10. The molecular formula is C17H17BrN6. The molecule has 0 aliphatic rings. The van der Waals surface area contributed by atoms with Crippen molar-refractivity contribution in [2.75, 3.05) is 16.4 Å². The van der Waals surface area contributed by atoms with Crippen LogP contribution in [0.15, 0.2) is 47.3 Å². The number of halogens is 1. The van der Waals surface area contributed by atoms with Crippen molar-refractivity contribution in [3.8, 4) is 0 Å². The van der Waals surface area contributed by atoms with Gasteiger partial charge in [-0.2, -0.15) is 0 Å². The summed E-state index contributed by atoms with van der Waals surface area (Å²) in [5.74, 6) is 1.71. The average Bonchev–Trinajstić information content (AvgIpc) is 2.55. The number of benzene rings is 1. The van der Waals surface area contributed by atoms with Gasteiger partial charge in [-0.05, 0) is 53.5 Å². The Kier molecular flexibility index (Phi) is 4.61. The first kappa shape index (κ1) is 16.2. The van der Waals surface area contributed by atoms with Gasteiger partial charge in [0.15, 0.2) is 11.6 Å². The fraction of sp³-hybridized carbons (Fsp3) is 0.118. The Balaban J connectivity index is 1.86. The maximum atomic E-state index is 6.20. The summed E-state index contributed by atoms with van der Waals surface area (Å²) in [6.07, 6.45) is 3.16. The minimum Gasteiger partial charge on any atom is -0.393 e. The first-order chi connectivity index (χ1) is 11.5. The minimum absolute atomic E-state index is 0.433. The molecule has 0 bridgehead atoms. The van der Waals surface area contributed by atoms with Crippen molar-refractivity contribution < 1.29 is 0 Å². The van der Waals surface area contributed by atoms with Crippen LogP contribution < -0.4 is 16.4 Å². The Morgan fingerprint density at radius 2 is 1.71 bits per heavy atom. The molecule has 0 unspecified atom stereocenters. The zero-order valence-electron chi connectivity index (χ0n) is 13.3. The molecule has 0 aliphatic heterocycles. The highest BCUT2D eigenvalue weighted by molar-refractivity contribution is 9.10. The number of rotatable bonds is 4. The van der Waals surface area contributed by atoms with Gasteiger partial charge in [0.25, 0.3) is 0 Å². The van der Waals surface area contributed by atoms with Crippen LogP contribution in [0.5, 0.6) is 0 Å². The lowest BCUT2D eigenvalue weighted by Crippen LogP contribution is -2.06. The molecule has 0 atom stereocenters. The Morgan fingerprint density at radius 3 is 2.38 bits per heavy atom. The first-order valence-corrected chi connectivity index (χ1v) is 8.15. The molecule has 0 amide bonds. The quantitative estimate of drug-likeness (QED) is 0.620. The summed E-state index contributed by atoms with van der Waals surface area (Å²) < 4.78 is 0.904. The van der Waals surface area contributed by atoms with Gasteiger partial charge in [0.2, 0.25) is 0 Å². The molecule has 2 aromatic heterocycles.